The van der Waals surface area contributed by atoms with Crippen LogP contribution in [0.5, 0.6) is 0 Å². The summed E-state index contributed by atoms with van der Waals surface area (Å²) in [6.07, 6.45) is 5.84. The van der Waals surface area contributed by atoms with Crippen molar-refractivity contribution in [3.05, 3.63) is 124 Å². The number of carbonyl (C=O) groups is 1. The van der Waals surface area contributed by atoms with E-state index in [1.54, 1.807) is 12.1 Å². The maximum absolute atomic E-state index is 14.2. The molecule has 3 aromatic carbocycles. The van der Waals surface area contributed by atoms with Crippen molar-refractivity contribution in [3.8, 4) is 12.1 Å². The highest BCUT2D eigenvalue weighted by molar-refractivity contribution is 6.01. The van der Waals surface area contributed by atoms with Crippen molar-refractivity contribution in [2.75, 3.05) is 0 Å². The molecule has 180 valence electrons. The Morgan fingerprint density at radius 2 is 1.57 bits per heavy atom. The summed E-state index contributed by atoms with van der Waals surface area (Å²) in [7, 11) is 0. The fraction of sp³-hybridized carbons (Fsp3) is 0.219. The van der Waals surface area contributed by atoms with E-state index in [4.69, 9.17) is 0 Å². The Labute approximate surface area is 215 Å². The summed E-state index contributed by atoms with van der Waals surface area (Å²) < 4.78 is 14.0. The van der Waals surface area contributed by atoms with Gasteiger partial charge in [-0.25, -0.2) is 4.39 Å². The zero-order valence-corrected chi connectivity index (χ0v) is 20.1. The number of carbonyl (C=O) groups excluding carboxylic acids is 1. The van der Waals surface area contributed by atoms with Gasteiger partial charge in [0.2, 0.25) is 0 Å². The average molecular weight is 486 g/mol. The van der Waals surface area contributed by atoms with Crippen molar-refractivity contribution >= 4 is 11.9 Å². The molecule has 4 atom stereocenters. The molecule has 0 bridgehead atoms. The van der Waals surface area contributed by atoms with Crippen LogP contribution < -0.4 is 0 Å². The predicted octanol–water partition coefficient (Wildman–Crippen LogP) is 6.57. The number of ketones is 1. The smallest absolute Gasteiger partial charge is 0.185 e. The quantitative estimate of drug-likeness (QED) is 0.303. The first-order valence-electron chi connectivity index (χ1n) is 12.6. The summed E-state index contributed by atoms with van der Waals surface area (Å²) in [4.78, 5) is 16.3. The molecule has 2 aliphatic heterocycles. The van der Waals surface area contributed by atoms with Crippen LogP contribution >= 0.6 is 0 Å². The van der Waals surface area contributed by atoms with Gasteiger partial charge < -0.3 is 4.90 Å². The second-order valence-electron chi connectivity index (χ2n) is 9.94. The Morgan fingerprint density at radius 3 is 2.24 bits per heavy atom. The molecule has 6 rings (SSSR count). The van der Waals surface area contributed by atoms with Crippen LogP contribution in [0.25, 0.3) is 6.08 Å². The molecule has 0 radical (unpaired) electrons. The number of rotatable bonds is 5. The molecule has 0 spiro atoms. The van der Waals surface area contributed by atoms with Crippen LogP contribution in [0.2, 0.25) is 0 Å². The number of hydrogen-bond acceptors (Lipinski definition) is 4. The Bertz CT molecular complexity index is 1490. The lowest BCUT2D eigenvalue weighted by molar-refractivity contribution is 0.0874. The van der Waals surface area contributed by atoms with Crippen molar-refractivity contribution in [2.24, 2.45) is 11.8 Å². The first kappa shape index (κ1) is 23.0. The SMILES string of the molecule is N#CC(C#N)=C(C1CC1)[C@H]1[C@H](c2ccc(F)cc2)[C@@H](C(=O)c2ccccc2)N2C=Cc3ccccc3[C@H]12. The number of nitriles is 2. The second-order valence-corrected chi connectivity index (χ2v) is 9.94. The first-order valence-corrected chi connectivity index (χ1v) is 12.6. The molecule has 0 N–H and O–H groups in total. The summed E-state index contributed by atoms with van der Waals surface area (Å²) in [6.45, 7) is 0. The highest BCUT2D eigenvalue weighted by Gasteiger charge is 2.56. The molecule has 5 heteroatoms. The normalized spacial score (nSPS) is 23.4. The topological polar surface area (TPSA) is 67.9 Å². The Kier molecular flexibility index (Phi) is 5.70. The van der Waals surface area contributed by atoms with Crippen molar-refractivity contribution in [1.82, 2.24) is 4.90 Å². The Morgan fingerprint density at radius 1 is 0.892 bits per heavy atom. The highest BCUT2D eigenvalue weighted by Crippen LogP contribution is 2.59. The number of benzene rings is 3. The number of halogens is 1. The third-order valence-corrected chi connectivity index (χ3v) is 7.92. The minimum absolute atomic E-state index is 0.0305. The van der Waals surface area contributed by atoms with Crippen LogP contribution in [0.3, 0.4) is 0 Å². The second kappa shape index (κ2) is 9.19. The molecular formula is C32H24FN3O. The van der Waals surface area contributed by atoms with Crippen LogP contribution in [-0.4, -0.2) is 16.7 Å². The maximum atomic E-state index is 14.2. The van der Waals surface area contributed by atoms with Gasteiger partial charge in [0.25, 0.3) is 0 Å². The summed E-state index contributed by atoms with van der Waals surface area (Å²) in [5, 5.41) is 20.0. The molecule has 0 aromatic heterocycles. The summed E-state index contributed by atoms with van der Waals surface area (Å²) in [5.41, 5.74) is 4.53. The lowest BCUT2D eigenvalue weighted by Crippen LogP contribution is -2.37. The minimum Gasteiger partial charge on any atom is -0.359 e. The Hall–Kier alpha value is -4.48. The van der Waals surface area contributed by atoms with E-state index in [9.17, 15) is 19.7 Å². The van der Waals surface area contributed by atoms with Gasteiger partial charge in [0.1, 0.15) is 23.5 Å². The molecule has 37 heavy (non-hydrogen) atoms. The van der Waals surface area contributed by atoms with Crippen LogP contribution in [0.4, 0.5) is 4.39 Å². The lowest BCUT2D eigenvalue weighted by atomic mass is 9.72. The largest absolute Gasteiger partial charge is 0.359 e. The van der Waals surface area contributed by atoms with Crippen LogP contribution in [0.1, 0.15) is 51.8 Å². The van der Waals surface area contributed by atoms with E-state index >= 15 is 0 Å². The molecule has 2 heterocycles. The van der Waals surface area contributed by atoms with Crippen molar-refractivity contribution < 1.29 is 9.18 Å². The van der Waals surface area contributed by atoms with E-state index in [1.165, 1.54) is 12.1 Å². The molecule has 0 unspecified atom stereocenters. The van der Waals surface area contributed by atoms with Crippen molar-refractivity contribution in [1.29, 1.82) is 10.5 Å². The number of nitrogens with zero attached hydrogens (tertiary/aromatic N) is 3. The van der Waals surface area contributed by atoms with E-state index in [0.29, 0.717) is 5.56 Å². The summed E-state index contributed by atoms with van der Waals surface area (Å²) in [5.74, 6) is -0.915. The van der Waals surface area contributed by atoms with Gasteiger partial charge in [-0.1, -0.05) is 66.7 Å². The van der Waals surface area contributed by atoms with E-state index in [-0.39, 0.29) is 41.0 Å². The van der Waals surface area contributed by atoms with Gasteiger partial charge in [0, 0.05) is 23.6 Å². The zero-order chi connectivity index (χ0) is 25.5. The van der Waals surface area contributed by atoms with Gasteiger partial charge in [-0.05, 0) is 59.2 Å². The molecule has 3 aromatic rings. The molecule has 1 saturated heterocycles. The molecule has 3 aliphatic rings. The van der Waals surface area contributed by atoms with Crippen molar-refractivity contribution in [2.45, 2.75) is 30.8 Å². The monoisotopic (exact) mass is 485 g/mol. The molecule has 1 saturated carbocycles. The van der Waals surface area contributed by atoms with Gasteiger partial charge in [-0.15, -0.1) is 0 Å². The van der Waals surface area contributed by atoms with Gasteiger partial charge in [-0.2, -0.15) is 10.5 Å². The Balaban J connectivity index is 1.63. The molecule has 0 amide bonds. The van der Waals surface area contributed by atoms with E-state index < -0.39 is 6.04 Å². The predicted molar refractivity (Wildman–Crippen MR) is 138 cm³/mol. The van der Waals surface area contributed by atoms with E-state index in [1.807, 2.05) is 54.7 Å². The van der Waals surface area contributed by atoms with Gasteiger partial charge >= 0.3 is 0 Å². The van der Waals surface area contributed by atoms with Gasteiger partial charge in [0.05, 0.1) is 12.1 Å². The molecule has 4 nitrogen and oxygen atoms in total. The number of hydrogen-bond donors (Lipinski definition) is 0. The van der Waals surface area contributed by atoms with Crippen LogP contribution in [0, 0.1) is 40.3 Å². The van der Waals surface area contributed by atoms with Crippen LogP contribution in [-0.2, 0) is 0 Å². The first-order chi connectivity index (χ1) is 18.1. The maximum Gasteiger partial charge on any atom is 0.185 e. The van der Waals surface area contributed by atoms with E-state index in [2.05, 4.69) is 29.2 Å². The minimum atomic E-state index is -0.583. The fourth-order valence-electron chi connectivity index (χ4n) is 6.28. The van der Waals surface area contributed by atoms with Crippen molar-refractivity contribution in [3.63, 3.8) is 0 Å². The molecular weight excluding hydrogens is 461 g/mol. The third-order valence-electron chi connectivity index (χ3n) is 7.92. The van der Waals surface area contributed by atoms with E-state index in [0.717, 1.165) is 35.1 Å². The number of Topliss-reactive ketones (excluding diaryl/α,β-unsaturated/α-hetero) is 1. The zero-order valence-electron chi connectivity index (χ0n) is 20.1. The highest BCUT2D eigenvalue weighted by atomic mass is 19.1. The molecule has 1 aliphatic carbocycles. The molecule has 2 fully saturated rings. The fourth-order valence-corrected chi connectivity index (χ4v) is 6.28. The average Bonchev–Trinajstić information content (AvgIpc) is 3.72. The van der Waals surface area contributed by atoms with Crippen LogP contribution in [0.15, 0.2) is 96.2 Å². The summed E-state index contributed by atoms with van der Waals surface area (Å²) >= 11 is 0. The standard InChI is InChI=1S/C32H24FN3O/c33-25-14-12-22(13-15-25)28-29(27(21-10-11-21)24(18-34)19-35)30-26-9-5-4-6-20(26)16-17-36(30)31(28)32(37)23-7-2-1-3-8-23/h1-9,12-17,21,28-31H,10-11H2/t28-,29-,30+,31-/m0/s1. The van der Waals surface area contributed by atoms with Gasteiger partial charge in [0.15, 0.2) is 5.78 Å². The number of fused-ring (bicyclic) bond motifs is 3. The summed E-state index contributed by atoms with van der Waals surface area (Å²) in [6, 6.07) is 27.2. The third kappa shape index (κ3) is 3.85. The number of allylic oxidation sites excluding steroid dienone is 1. The lowest BCUT2D eigenvalue weighted by Gasteiger charge is -2.35. The van der Waals surface area contributed by atoms with Gasteiger partial charge in [-0.3, -0.25) is 4.79 Å².